The highest BCUT2D eigenvalue weighted by Crippen LogP contribution is 2.41. The van der Waals surface area contributed by atoms with Crippen molar-refractivity contribution >= 4 is 28.6 Å². The van der Waals surface area contributed by atoms with E-state index in [1.165, 1.54) is 6.42 Å². The highest BCUT2D eigenvalue weighted by Gasteiger charge is 2.31. The smallest absolute Gasteiger partial charge is 0.419 e. The van der Waals surface area contributed by atoms with E-state index in [4.69, 9.17) is 9.72 Å². The molecular weight excluding hydrogens is 476 g/mol. The van der Waals surface area contributed by atoms with Gasteiger partial charge in [-0.1, -0.05) is 20.8 Å². The largest absolute Gasteiger partial charge is 0.443 e. The van der Waals surface area contributed by atoms with Crippen LogP contribution in [0.15, 0.2) is 24.7 Å². The molecule has 1 aliphatic rings. The minimum atomic E-state index is -0.642. The van der Waals surface area contributed by atoms with E-state index in [-0.39, 0.29) is 5.92 Å². The van der Waals surface area contributed by atoms with E-state index in [2.05, 4.69) is 55.7 Å². The van der Waals surface area contributed by atoms with Gasteiger partial charge in [0.25, 0.3) is 0 Å². The zero-order valence-electron chi connectivity index (χ0n) is 24.2. The van der Waals surface area contributed by atoms with Gasteiger partial charge >= 0.3 is 6.09 Å². The van der Waals surface area contributed by atoms with E-state index in [9.17, 15) is 4.79 Å². The maximum atomic E-state index is 13.9. The van der Waals surface area contributed by atoms with Crippen LogP contribution in [0, 0.1) is 19.8 Å². The number of ether oxygens (including phenoxy) is 1. The standard InChI is InChI=1S/C30H40N6O2/c1-17(2)25-26-23(12-13-24(33-26)34-14-18(3)10-11-19(34)4)36(29(37)38-30(7,8)9)27(25)22-15-35-28(31-16-32-35)21(6)20(22)5/h12-13,15-19H,10-11,14H2,1-9H3/t18-,19-/m0/s1. The molecule has 0 amide bonds. The second-order valence-electron chi connectivity index (χ2n) is 12.3. The van der Waals surface area contributed by atoms with Gasteiger partial charge in [-0.2, -0.15) is 5.10 Å². The van der Waals surface area contributed by atoms with Crippen molar-refractivity contribution in [3.8, 4) is 11.3 Å². The summed E-state index contributed by atoms with van der Waals surface area (Å²) in [5.74, 6) is 1.70. The third-order valence-corrected chi connectivity index (χ3v) is 7.78. The number of hydrogen-bond acceptors (Lipinski definition) is 6. The monoisotopic (exact) mass is 516 g/mol. The Morgan fingerprint density at radius 2 is 1.84 bits per heavy atom. The highest BCUT2D eigenvalue weighted by molar-refractivity contribution is 5.99. The van der Waals surface area contributed by atoms with E-state index >= 15 is 0 Å². The average Bonchev–Trinajstić information content (AvgIpc) is 3.44. The fourth-order valence-corrected chi connectivity index (χ4v) is 5.69. The molecule has 8 heteroatoms. The second-order valence-corrected chi connectivity index (χ2v) is 12.3. The third kappa shape index (κ3) is 4.44. The first kappa shape index (κ1) is 26.2. The number of rotatable bonds is 3. The predicted octanol–water partition coefficient (Wildman–Crippen LogP) is 6.89. The molecule has 5 heterocycles. The molecule has 4 aromatic heterocycles. The topological polar surface area (TPSA) is 77.5 Å². The van der Waals surface area contributed by atoms with Gasteiger partial charge in [-0.15, -0.1) is 0 Å². The molecule has 0 radical (unpaired) electrons. The van der Waals surface area contributed by atoms with Gasteiger partial charge in [0.2, 0.25) is 0 Å². The van der Waals surface area contributed by atoms with Crippen LogP contribution >= 0.6 is 0 Å². The Kier molecular flexibility index (Phi) is 6.48. The van der Waals surface area contributed by atoms with Gasteiger partial charge in [0.15, 0.2) is 5.65 Å². The first-order chi connectivity index (χ1) is 17.9. The lowest BCUT2D eigenvalue weighted by Crippen LogP contribution is -2.41. The van der Waals surface area contributed by atoms with Crippen LogP contribution in [0.25, 0.3) is 27.9 Å². The molecule has 38 heavy (non-hydrogen) atoms. The normalized spacial score (nSPS) is 18.6. The SMILES string of the molecule is Cc1c(-c2c(C(C)C)c3nc(N4C[C@@H](C)CC[C@@H]4C)ccc3n2C(=O)OC(C)(C)C)cn2ncnc2c1C. The summed E-state index contributed by atoms with van der Waals surface area (Å²) in [5, 5.41) is 4.42. The van der Waals surface area contributed by atoms with Gasteiger partial charge in [-0.25, -0.2) is 23.8 Å². The molecule has 2 atom stereocenters. The Bertz CT molecular complexity index is 1520. The molecule has 8 nitrogen and oxygen atoms in total. The van der Waals surface area contributed by atoms with Crippen LogP contribution < -0.4 is 4.90 Å². The third-order valence-electron chi connectivity index (χ3n) is 7.78. The molecule has 0 bridgehead atoms. The quantitative estimate of drug-likeness (QED) is 0.295. The summed E-state index contributed by atoms with van der Waals surface area (Å²) in [6.07, 6.45) is 5.51. The molecule has 0 saturated carbocycles. The number of aromatic nitrogens is 5. The summed E-state index contributed by atoms with van der Waals surface area (Å²) in [7, 11) is 0. The van der Waals surface area contributed by atoms with Gasteiger partial charge in [-0.05, 0) is 89.5 Å². The van der Waals surface area contributed by atoms with Crippen LogP contribution in [0.1, 0.15) is 83.9 Å². The van der Waals surface area contributed by atoms with Crippen molar-refractivity contribution in [1.82, 2.24) is 24.1 Å². The minimum Gasteiger partial charge on any atom is -0.443 e. The van der Waals surface area contributed by atoms with E-state index in [1.807, 2.05) is 40.0 Å². The summed E-state index contributed by atoms with van der Waals surface area (Å²) >= 11 is 0. The maximum absolute atomic E-state index is 13.9. The number of pyridine rings is 2. The number of carbonyl (C=O) groups excluding carboxylic acids is 1. The Balaban J connectivity index is 1.83. The lowest BCUT2D eigenvalue weighted by molar-refractivity contribution is 0.0547. The summed E-state index contributed by atoms with van der Waals surface area (Å²) in [5.41, 5.74) is 6.63. The molecular formula is C30H40N6O2. The van der Waals surface area contributed by atoms with Crippen LogP contribution in [-0.4, -0.2) is 48.4 Å². The highest BCUT2D eigenvalue weighted by atomic mass is 16.6. The van der Waals surface area contributed by atoms with E-state index in [0.29, 0.717) is 12.0 Å². The van der Waals surface area contributed by atoms with Crippen molar-refractivity contribution in [1.29, 1.82) is 0 Å². The second kappa shape index (κ2) is 9.40. The van der Waals surface area contributed by atoms with Crippen LogP contribution in [0.2, 0.25) is 0 Å². The first-order valence-corrected chi connectivity index (χ1v) is 13.7. The number of fused-ring (bicyclic) bond motifs is 2. The Hall–Kier alpha value is -3.42. The lowest BCUT2D eigenvalue weighted by atomic mass is 9.94. The minimum absolute atomic E-state index is 0.114. The number of anilines is 1. The molecule has 0 spiro atoms. The predicted molar refractivity (Wildman–Crippen MR) is 152 cm³/mol. The molecule has 0 unspecified atom stereocenters. The summed E-state index contributed by atoms with van der Waals surface area (Å²) < 4.78 is 9.47. The number of hydrogen-bond donors (Lipinski definition) is 0. The van der Waals surface area contributed by atoms with E-state index < -0.39 is 11.7 Å². The van der Waals surface area contributed by atoms with Crippen molar-refractivity contribution in [3.05, 3.63) is 41.3 Å². The van der Waals surface area contributed by atoms with Crippen molar-refractivity contribution in [2.24, 2.45) is 5.92 Å². The molecule has 1 aliphatic heterocycles. The molecule has 5 rings (SSSR count). The molecule has 202 valence electrons. The van der Waals surface area contributed by atoms with Gasteiger partial charge in [0, 0.05) is 29.9 Å². The summed E-state index contributed by atoms with van der Waals surface area (Å²) in [6.45, 7) is 19.7. The summed E-state index contributed by atoms with van der Waals surface area (Å²) in [4.78, 5) is 26.0. The van der Waals surface area contributed by atoms with Gasteiger partial charge in [0.05, 0.1) is 16.7 Å². The van der Waals surface area contributed by atoms with Crippen LogP contribution in [0.4, 0.5) is 10.6 Å². The van der Waals surface area contributed by atoms with Gasteiger partial charge < -0.3 is 9.64 Å². The zero-order chi connectivity index (χ0) is 27.5. The fraction of sp³-hybridized carbons (Fsp3) is 0.533. The van der Waals surface area contributed by atoms with Crippen molar-refractivity contribution in [3.63, 3.8) is 0 Å². The van der Waals surface area contributed by atoms with Crippen LogP contribution in [0.3, 0.4) is 0 Å². The van der Waals surface area contributed by atoms with Crippen LogP contribution in [-0.2, 0) is 4.74 Å². The molecule has 4 aromatic rings. The fourth-order valence-electron chi connectivity index (χ4n) is 5.69. The molecule has 0 aromatic carbocycles. The number of carbonyl (C=O) groups is 1. The molecule has 1 fully saturated rings. The number of nitrogens with zero attached hydrogens (tertiary/aromatic N) is 6. The maximum Gasteiger partial charge on any atom is 0.419 e. The summed E-state index contributed by atoms with van der Waals surface area (Å²) in [6, 6.07) is 4.52. The molecule has 0 N–H and O–H groups in total. The van der Waals surface area contributed by atoms with Gasteiger partial charge in [-0.3, -0.25) is 0 Å². The van der Waals surface area contributed by atoms with E-state index in [0.717, 1.165) is 63.4 Å². The first-order valence-electron chi connectivity index (χ1n) is 13.7. The Morgan fingerprint density at radius 3 is 2.53 bits per heavy atom. The van der Waals surface area contributed by atoms with Gasteiger partial charge in [0.1, 0.15) is 17.7 Å². The average molecular weight is 517 g/mol. The van der Waals surface area contributed by atoms with E-state index in [1.54, 1.807) is 15.4 Å². The van der Waals surface area contributed by atoms with Crippen LogP contribution in [0.5, 0.6) is 0 Å². The number of aryl methyl sites for hydroxylation is 1. The van der Waals surface area contributed by atoms with Crippen molar-refractivity contribution in [2.75, 3.05) is 11.4 Å². The molecule has 1 saturated heterocycles. The lowest BCUT2D eigenvalue weighted by Gasteiger charge is -2.37. The van der Waals surface area contributed by atoms with Crippen molar-refractivity contribution in [2.45, 2.75) is 92.7 Å². The van der Waals surface area contributed by atoms with Crippen molar-refractivity contribution < 1.29 is 9.53 Å². The molecule has 0 aliphatic carbocycles. The Morgan fingerprint density at radius 1 is 1.11 bits per heavy atom. The zero-order valence-corrected chi connectivity index (χ0v) is 24.2. The number of piperidine rings is 1. The Labute approximate surface area is 225 Å².